The number of hydrogen-bond donors (Lipinski definition) is 3. The molecule has 22 heavy (non-hydrogen) atoms. The zero-order chi connectivity index (χ0) is 15.5. The number of rotatable bonds is 3. The molecule has 2 heterocycles. The molecule has 1 aromatic heterocycles. The van der Waals surface area contributed by atoms with Crippen LogP contribution in [0.1, 0.15) is 23.6 Å². The number of anilines is 1. The Labute approximate surface area is 134 Å². The number of amides is 1. The average Bonchev–Trinajstić information content (AvgIpc) is 3.01. The van der Waals surface area contributed by atoms with E-state index < -0.39 is 0 Å². The van der Waals surface area contributed by atoms with Gasteiger partial charge in [-0.1, -0.05) is 17.7 Å². The highest BCUT2D eigenvalue weighted by Crippen LogP contribution is 2.25. The van der Waals surface area contributed by atoms with Crippen molar-refractivity contribution in [3.63, 3.8) is 0 Å². The van der Waals surface area contributed by atoms with Crippen LogP contribution < -0.4 is 16.2 Å². The van der Waals surface area contributed by atoms with Crippen molar-refractivity contribution in [3.05, 3.63) is 58.9 Å². The van der Waals surface area contributed by atoms with Crippen molar-refractivity contribution >= 4 is 23.2 Å². The molecule has 6 heteroatoms. The molecule has 2 atom stereocenters. The van der Waals surface area contributed by atoms with E-state index in [-0.39, 0.29) is 18.0 Å². The summed E-state index contributed by atoms with van der Waals surface area (Å²) in [6.45, 7) is 1.96. The van der Waals surface area contributed by atoms with E-state index in [0.29, 0.717) is 17.1 Å². The summed E-state index contributed by atoms with van der Waals surface area (Å²) in [4.78, 5) is 16.3. The number of nitrogens with zero attached hydrogens (tertiary/aromatic N) is 1. The Kier molecular flexibility index (Phi) is 4.38. The SMILES string of the molecule is Cc1ccc(NC(=O)C2CC(c3ccncc3)NN2)c(Cl)c1. The highest BCUT2D eigenvalue weighted by molar-refractivity contribution is 6.33. The van der Waals surface area contributed by atoms with Crippen LogP contribution in [0.3, 0.4) is 0 Å². The molecule has 0 radical (unpaired) electrons. The summed E-state index contributed by atoms with van der Waals surface area (Å²) in [5.41, 5.74) is 8.96. The van der Waals surface area contributed by atoms with Crippen LogP contribution in [0.2, 0.25) is 5.02 Å². The lowest BCUT2D eigenvalue weighted by atomic mass is 10.0. The third-order valence-corrected chi connectivity index (χ3v) is 4.02. The normalized spacial score (nSPS) is 20.8. The maximum absolute atomic E-state index is 12.3. The van der Waals surface area contributed by atoms with Crippen molar-refractivity contribution in [1.29, 1.82) is 0 Å². The van der Waals surface area contributed by atoms with Gasteiger partial charge in [0.05, 0.1) is 10.7 Å². The van der Waals surface area contributed by atoms with Crippen LogP contribution in [0.15, 0.2) is 42.7 Å². The fourth-order valence-corrected chi connectivity index (χ4v) is 2.77. The number of pyridine rings is 1. The van der Waals surface area contributed by atoms with E-state index in [4.69, 9.17) is 11.6 Å². The molecule has 1 saturated heterocycles. The van der Waals surface area contributed by atoms with Crippen molar-refractivity contribution in [2.24, 2.45) is 0 Å². The Hall–Kier alpha value is -1.95. The molecule has 2 aromatic rings. The number of nitrogens with one attached hydrogen (secondary N) is 3. The third-order valence-electron chi connectivity index (χ3n) is 3.71. The van der Waals surface area contributed by atoms with Gasteiger partial charge in [-0.3, -0.25) is 9.78 Å². The zero-order valence-electron chi connectivity index (χ0n) is 12.1. The molecule has 0 aliphatic carbocycles. The summed E-state index contributed by atoms with van der Waals surface area (Å²) in [6.07, 6.45) is 4.16. The van der Waals surface area contributed by atoms with Gasteiger partial charge in [0.25, 0.3) is 0 Å². The molecule has 1 aliphatic heterocycles. The lowest BCUT2D eigenvalue weighted by molar-refractivity contribution is -0.117. The Morgan fingerprint density at radius 3 is 2.77 bits per heavy atom. The minimum Gasteiger partial charge on any atom is -0.323 e. The fraction of sp³-hybridized carbons (Fsp3) is 0.250. The van der Waals surface area contributed by atoms with Crippen molar-refractivity contribution in [2.75, 3.05) is 5.32 Å². The zero-order valence-corrected chi connectivity index (χ0v) is 12.9. The second-order valence-electron chi connectivity index (χ2n) is 5.38. The predicted molar refractivity (Wildman–Crippen MR) is 86.5 cm³/mol. The van der Waals surface area contributed by atoms with Gasteiger partial charge in [-0.25, -0.2) is 10.9 Å². The van der Waals surface area contributed by atoms with E-state index >= 15 is 0 Å². The van der Waals surface area contributed by atoms with Crippen molar-refractivity contribution in [2.45, 2.75) is 25.4 Å². The Morgan fingerprint density at radius 1 is 1.27 bits per heavy atom. The van der Waals surface area contributed by atoms with Crippen molar-refractivity contribution in [3.8, 4) is 0 Å². The van der Waals surface area contributed by atoms with Crippen molar-refractivity contribution < 1.29 is 4.79 Å². The molecule has 5 nitrogen and oxygen atoms in total. The second-order valence-corrected chi connectivity index (χ2v) is 5.79. The molecule has 3 N–H and O–H groups in total. The fourth-order valence-electron chi connectivity index (χ4n) is 2.48. The predicted octanol–water partition coefficient (Wildman–Crippen LogP) is 2.59. The van der Waals surface area contributed by atoms with E-state index in [2.05, 4.69) is 21.2 Å². The minimum atomic E-state index is -0.310. The molecular weight excluding hydrogens is 300 g/mol. The Morgan fingerprint density at radius 2 is 2.05 bits per heavy atom. The Balaban J connectivity index is 1.64. The number of halogens is 1. The van der Waals surface area contributed by atoms with Gasteiger partial charge in [0, 0.05) is 18.4 Å². The van der Waals surface area contributed by atoms with Gasteiger partial charge in [-0.2, -0.15) is 0 Å². The molecule has 3 rings (SSSR count). The molecule has 0 bridgehead atoms. The van der Waals surface area contributed by atoms with Crippen LogP contribution in [0, 0.1) is 6.92 Å². The molecule has 0 saturated carbocycles. The molecule has 1 aliphatic rings. The lowest BCUT2D eigenvalue weighted by Crippen LogP contribution is -2.39. The van der Waals surface area contributed by atoms with Crippen molar-refractivity contribution in [1.82, 2.24) is 15.8 Å². The first-order valence-electron chi connectivity index (χ1n) is 7.11. The highest BCUT2D eigenvalue weighted by Gasteiger charge is 2.30. The summed E-state index contributed by atoms with van der Waals surface area (Å²) in [6, 6.07) is 9.23. The van der Waals surface area contributed by atoms with Crippen LogP contribution >= 0.6 is 11.6 Å². The van der Waals surface area contributed by atoms with Gasteiger partial charge in [0.15, 0.2) is 0 Å². The molecule has 1 fully saturated rings. The summed E-state index contributed by atoms with van der Waals surface area (Å²) < 4.78 is 0. The first-order chi connectivity index (χ1) is 10.6. The number of hydrazine groups is 1. The third kappa shape index (κ3) is 3.27. The number of carbonyl (C=O) groups is 1. The van der Waals surface area contributed by atoms with Gasteiger partial charge < -0.3 is 5.32 Å². The topological polar surface area (TPSA) is 66.0 Å². The number of benzene rings is 1. The van der Waals surface area contributed by atoms with Crippen LogP contribution in [-0.4, -0.2) is 16.9 Å². The quantitative estimate of drug-likeness (QED) is 0.814. The van der Waals surface area contributed by atoms with Crippen LogP contribution in [0.5, 0.6) is 0 Å². The van der Waals surface area contributed by atoms with E-state index in [9.17, 15) is 4.79 Å². The van der Waals surface area contributed by atoms with Gasteiger partial charge in [-0.15, -0.1) is 0 Å². The van der Waals surface area contributed by atoms with E-state index in [0.717, 1.165) is 11.1 Å². The highest BCUT2D eigenvalue weighted by atomic mass is 35.5. The first kappa shape index (κ1) is 15.0. The number of aryl methyl sites for hydroxylation is 1. The number of carbonyl (C=O) groups excluding carboxylic acids is 1. The smallest absolute Gasteiger partial charge is 0.242 e. The largest absolute Gasteiger partial charge is 0.323 e. The van der Waals surface area contributed by atoms with Crippen LogP contribution in [0.4, 0.5) is 5.69 Å². The maximum atomic E-state index is 12.3. The monoisotopic (exact) mass is 316 g/mol. The molecule has 114 valence electrons. The summed E-state index contributed by atoms with van der Waals surface area (Å²) >= 11 is 6.15. The first-order valence-corrected chi connectivity index (χ1v) is 7.49. The van der Waals surface area contributed by atoms with E-state index in [1.54, 1.807) is 12.4 Å². The average molecular weight is 317 g/mol. The molecule has 2 unspecified atom stereocenters. The molecular formula is C16H17ClN4O. The minimum absolute atomic E-state index is 0.0900. The molecule has 1 aromatic carbocycles. The summed E-state index contributed by atoms with van der Waals surface area (Å²) in [5, 5.41) is 3.41. The van der Waals surface area contributed by atoms with Gasteiger partial charge >= 0.3 is 0 Å². The second kappa shape index (κ2) is 6.44. The number of hydrogen-bond acceptors (Lipinski definition) is 4. The maximum Gasteiger partial charge on any atom is 0.242 e. The van der Waals surface area contributed by atoms with Gasteiger partial charge in [0.1, 0.15) is 6.04 Å². The Bertz CT molecular complexity index is 677. The standard InChI is InChI=1S/C16H17ClN4O/c1-10-2-3-13(12(17)8-10)19-16(22)15-9-14(20-21-15)11-4-6-18-7-5-11/h2-8,14-15,20-21H,9H2,1H3,(H,19,22). The van der Waals surface area contributed by atoms with Gasteiger partial charge in [-0.05, 0) is 48.7 Å². The molecule has 0 spiro atoms. The van der Waals surface area contributed by atoms with Crippen LogP contribution in [0.25, 0.3) is 0 Å². The molecule has 1 amide bonds. The summed E-state index contributed by atoms with van der Waals surface area (Å²) in [5.74, 6) is -0.102. The van der Waals surface area contributed by atoms with E-state index in [1.165, 1.54) is 0 Å². The van der Waals surface area contributed by atoms with E-state index in [1.807, 2.05) is 37.3 Å². The summed E-state index contributed by atoms with van der Waals surface area (Å²) in [7, 11) is 0. The van der Waals surface area contributed by atoms with Crippen LogP contribution in [-0.2, 0) is 4.79 Å². The lowest BCUT2D eigenvalue weighted by Gasteiger charge is -2.12. The van der Waals surface area contributed by atoms with Gasteiger partial charge in [0.2, 0.25) is 5.91 Å². The number of aromatic nitrogens is 1.